The van der Waals surface area contributed by atoms with Crippen LogP contribution in [0.3, 0.4) is 0 Å². The maximum atomic E-state index is 13.2. The van der Waals surface area contributed by atoms with Crippen LogP contribution in [0.15, 0.2) is 30.3 Å². The van der Waals surface area contributed by atoms with Crippen molar-refractivity contribution in [1.82, 2.24) is 5.32 Å². The van der Waals surface area contributed by atoms with Gasteiger partial charge in [-0.1, -0.05) is 37.3 Å². The molecule has 1 aliphatic rings. The Morgan fingerprint density at radius 2 is 1.81 bits per heavy atom. The first kappa shape index (κ1) is 16.7. The van der Waals surface area contributed by atoms with Crippen LogP contribution in [-0.2, 0) is 13.6 Å². The molecule has 0 radical (unpaired) electrons. The lowest BCUT2D eigenvalue weighted by molar-refractivity contribution is 0.199. The average Bonchev–Trinajstić information content (AvgIpc) is 3.12. The molecule has 1 aromatic rings. The monoisotopic (exact) mass is 311 g/mol. The lowest BCUT2D eigenvalue weighted by Crippen LogP contribution is -2.36. The van der Waals surface area contributed by atoms with Crippen molar-refractivity contribution in [2.75, 3.05) is 13.2 Å². The van der Waals surface area contributed by atoms with Crippen molar-refractivity contribution in [3.05, 3.63) is 35.9 Å². The van der Waals surface area contributed by atoms with Crippen molar-refractivity contribution in [3.8, 4) is 0 Å². The minimum atomic E-state index is -3.15. The van der Waals surface area contributed by atoms with Gasteiger partial charge in [-0.2, -0.15) is 0 Å². The summed E-state index contributed by atoms with van der Waals surface area (Å²) >= 11 is 0. The van der Waals surface area contributed by atoms with Gasteiger partial charge in [0.2, 0.25) is 0 Å². The Labute approximate surface area is 127 Å². The van der Waals surface area contributed by atoms with Crippen LogP contribution in [0.25, 0.3) is 0 Å². The molecule has 0 amide bonds. The molecule has 0 bridgehead atoms. The van der Waals surface area contributed by atoms with Gasteiger partial charge in [0.25, 0.3) is 0 Å². The Bertz CT molecular complexity index is 498. The third-order valence-electron chi connectivity index (χ3n) is 4.13. The molecule has 0 aromatic heterocycles. The molecule has 0 saturated heterocycles. The third-order valence-corrected chi connectivity index (χ3v) is 7.05. The largest absolute Gasteiger partial charge is 0.350 e. The fourth-order valence-electron chi connectivity index (χ4n) is 2.88. The lowest BCUT2D eigenvalue weighted by Gasteiger charge is -2.30. The summed E-state index contributed by atoms with van der Waals surface area (Å²) in [4.78, 5) is 0. The number of hydrogen-bond donors (Lipinski definition) is 1. The molecule has 5 heteroatoms. The summed E-state index contributed by atoms with van der Waals surface area (Å²) in [5, 5.41) is 2.98. The predicted octanol–water partition coefficient (Wildman–Crippen LogP) is 4.34. The molecule has 0 heterocycles. The van der Waals surface area contributed by atoms with Gasteiger partial charge in [0.05, 0.1) is 13.2 Å². The van der Waals surface area contributed by atoms with E-state index in [1.807, 2.05) is 32.0 Å². The first-order chi connectivity index (χ1) is 9.99. The van der Waals surface area contributed by atoms with E-state index in [1.54, 1.807) is 0 Å². The molecule has 21 heavy (non-hydrogen) atoms. The number of hydrogen-bond acceptors (Lipinski definition) is 4. The van der Waals surface area contributed by atoms with Crippen LogP contribution >= 0.6 is 7.60 Å². The van der Waals surface area contributed by atoms with E-state index in [0.717, 1.165) is 6.42 Å². The molecule has 3 atom stereocenters. The molecule has 1 N–H and O–H groups in total. The molecule has 0 spiro atoms. The van der Waals surface area contributed by atoms with Gasteiger partial charge in [0.15, 0.2) is 0 Å². The summed E-state index contributed by atoms with van der Waals surface area (Å²) in [7, 11) is -3.15. The molecule has 0 unspecified atom stereocenters. The summed E-state index contributed by atoms with van der Waals surface area (Å²) in [6.07, 6.45) is 0.821. The Morgan fingerprint density at radius 3 is 2.24 bits per heavy atom. The predicted molar refractivity (Wildman–Crippen MR) is 85.4 cm³/mol. The zero-order valence-corrected chi connectivity index (χ0v) is 14.2. The smallest absolute Gasteiger partial charge is 0.308 e. The van der Waals surface area contributed by atoms with E-state index in [0.29, 0.717) is 13.2 Å². The highest BCUT2D eigenvalue weighted by atomic mass is 31.2. The molecule has 0 aliphatic heterocycles. The van der Waals surface area contributed by atoms with E-state index in [-0.39, 0.29) is 12.0 Å². The second kappa shape index (κ2) is 6.62. The van der Waals surface area contributed by atoms with Crippen molar-refractivity contribution in [2.45, 2.75) is 45.4 Å². The van der Waals surface area contributed by atoms with Gasteiger partial charge >= 0.3 is 7.60 Å². The van der Waals surface area contributed by atoms with Gasteiger partial charge in [-0.3, -0.25) is 9.88 Å². The van der Waals surface area contributed by atoms with Crippen LogP contribution in [0.2, 0.25) is 0 Å². The molecular weight excluding hydrogens is 285 g/mol. The van der Waals surface area contributed by atoms with Gasteiger partial charge in [-0.15, -0.1) is 0 Å². The minimum absolute atomic E-state index is 0.102. The van der Waals surface area contributed by atoms with Crippen LogP contribution in [0.1, 0.15) is 45.7 Å². The minimum Gasteiger partial charge on any atom is -0.308 e. The molecule has 1 aromatic carbocycles. The van der Waals surface area contributed by atoms with Crippen molar-refractivity contribution < 1.29 is 13.6 Å². The molecular formula is C16H26NO3P. The van der Waals surface area contributed by atoms with Gasteiger partial charge in [0.1, 0.15) is 5.28 Å². The fourth-order valence-corrected chi connectivity index (χ4v) is 5.48. The maximum absolute atomic E-state index is 13.2. The Hall–Kier alpha value is -0.670. The molecule has 1 fully saturated rings. The third kappa shape index (κ3) is 3.24. The average molecular weight is 311 g/mol. The topological polar surface area (TPSA) is 47.6 Å². The standard InChI is InChI=1S/C16H26NO3P/c1-5-19-21(18,20-6-2)16(12-13(16)3)17-14(4)15-10-8-7-9-11-15/h7-11,13-14,17H,5-6,12H2,1-4H3/t13-,14+,16+/m0/s1. The summed E-state index contributed by atoms with van der Waals surface area (Å²) in [6.45, 7) is 8.68. The number of rotatable bonds is 8. The number of benzene rings is 1. The van der Waals surface area contributed by atoms with Crippen LogP contribution in [0.5, 0.6) is 0 Å². The van der Waals surface area contributed by atoms with Crippen molar-refractivity contribution in [1.29, 1.82) is 0 Å². The molecule has 4 nitrogen and oxygen atoms in total. The summed E-state index contributed by atoms with van der Waals surface area (Å²) in [5.41, 5.74) is 1.18. The van der Waals surface area contributed by atoms with Gasteiger partial charge in [0, 0.05) is 6.04 Å². The second-order valence-electron chi connectivity index (χ2n) is 5.64. The zero-order chi connectivity index (χ0) is 15.5. The zero-order valence-electron chi connectivity index (χ0n) is 13.3. The van der Waals surface area contributed by atoms with Crippen LogP contribution in [-0.4, -0.2) is 18.5 Å². The van der Waals surface area contributed by atoms with E-state index < -0.39 is 12.9 Å². The quantitative estimate of drug-likeness (QED) is 0.726. The fraction of sp³-hybridized carbons (Fsp3) is 0.625. The highest BCUT2D eigenvalue weighted by Gasteiger charge is 2.66. The van der Waals surface area contributed by atoms with Crippen molar-refractivity contribution in [2.24, 2.45) is 5.92 Å². The molecule has 1 aliphatic carbocycles. The second-order valence-corrected chi connectivity index (χ2v) is 7.95. The van der Waals surface area contributed by atoms with Crippen LogP contribution < -0.4 is 5.32 Å². The van der Waals surface area contributed by atoms with E-state index in [1.165, 1.54) is 5.56 Å². The van der Waals surface area contributed by atoms with E-state index in [9.17, 15) is 4.57 Å². The Morgan fingerprint density at radius 1 is 1.29 bits per heavy atom. The maximum Gasteiger partial charge on any atom is 0.350 e. The molecule has 118 valence electrons. The lowest BCUT2D eigenvalue weighted by atomic mass is 10.1. The first-order valence-electron chi connectivity index (χ1n) is 7.71. The molecule has 1 saturated carbocycles. The summed E-state index contributed by atoms with van der Waals surface area (Å²) in [5.74, 6) is 0.285. The SMILES string of the molecule is CCOP(=O)(OCC)[C@]1(N[C@H](C)c2ccccc2)C[C@@H]1C. The first-order valence-corrected chi connectivity index (χ1v) is 9.25. The van der Waals surface area contributed by atoms with E-state index >= 15 is 0 Å². The van der Waals surface area contributed by atoms with Crippen molar-refractivity contribution >= 4 is 7.60 Å². The highest BCUT2D eigenvalue weighted by molar-refractivity contribution is 7.56. The van der Waals surface area contributed by atoms with Crippen molar-refractivity contribution in [3.63, 3.8) is 0 Å². The Balaban J connectivity index is 2.20. The van der Waals surface area contributed by atoms with Crippen LogP contribution in [0.4, 0.5) is 0 Å². The summed E-state index contributed by atoms with van der Waals surface area (Å²) < 4.78 is 24.3. The number of nitrogens with one attached hydrogen (secondary N) is 1. The van der Waals surface area contributed by atoms with Crippen LogP contribution in [0, 0.1) is 5.92 Å². The molecule has 2 rings (SSSR count). The Kier molecular flexibility index (Phi) is 5.26. The van der Waals surface area contributed by atoms with E-state index in [2.05, 4.69) is 31.3 Å². The van der Waals surface area contributed by atoms with Gasteiger partial charge in [-0.25, -0.2) is 0 Å². The van der Waals surface area contributed by atoms with Gasteiger partial charge in [-0.05, 0) is 38.7 Å². The highest BCUT2D eigenvalue weighted by Crippen LogP contribution is 2.72. The summed E-state index contributed by atoms with van der Waals surface area (Å²) in [6, 6.07) is 10.3. The normalized spacial score (nSPS) is 26.6. The van der Waals surface area contributed by atoms with Gasteiger partial charge < -0.3 is 9.05 Å². The van der Waals surface area contributed by atoms with E-state index in [4.69, 9.17) is 9.05 Å².